The van der Waals surface area contributed by atoms with Gasteiger partial charge in [0.15, 0.2) is 5.69 Å². The van der Waals surface area contributed by atoms with Crippen molar-refractivity contribution < 1.29 is 19.2 Å². The summed E-state index contributed by atoms with van der Waals surface area (Å²) in [6.45, 7) is 3.43. The second-order valence-corrected chi connectivity index (χ2v) is 4.80. The second-order valence-electron chi connectivity index (χ2n) is 3.91. The van der Waals surface area contributed by atoms with Gasteiger partial charge in [0.1, 0.15) is 5.01 Å². The molecule has 100 valence electrons. The number of aromatic carboxylic acids is 1. The van der Waals surface area contributed by atoms with Gasteiger partial charge < -0.3 is 14.9 Å². The summed E-state index contributed by atoms with van der Waals surface area (Å²) < 4.78 is 4.83. The molecule has 2 heterocycles. The molecular weight excluding hydrogens is 270 g/mol. The van der Waals surface area contributed by atoms with Gasteiger partial charge in [0.25, 0.3) is 5.91 Å². The number of nitrogens with one attached hydrogen (secondary N) is 1. The van der Waals surface area contributed by atoms with E-state index in [0.717, 1.165) is 0 Å². The Morgan fingerprint density at radius 3 is 2.79 bits per heavy atom. The topological polar surface area (TPSA) is 105 Å². The van der Waals surface area contributed by atoms with Crippen LogP contribution in [0.25, 0.3) is 0 Å². The van der Waals surface area contributed by atoms with Crippen LogP contribution in [0.3, 0.4) is 0 Å². The minimum absolute atomic E-state index is 0.0306. The molecule has 0 aliphatic carbocycles. The third-order valence-electron chi connectivity index (χ3n) is 2.41. The molecule has 0 fully saturated rings. The van der Waals surface area contributed by atoms with Crippen LogP contribution in [0.5, 0.6) is 0 Å². The number of aromatic nitrogens is 2. The Labute approximate surface area is 112 Å². The predicted octanol–water partition coefficient (Wildman–Crippen LogP) is 1.63. The van der Waals surface area contributed by atoms with Gasteiger partial charge in [-0.1, -0.05) is 5.16 Å². The summed E-state index contributed by atoms with van der Waals surface area (Å²) in [6, 6.07) is -0.407. The third-order valence-corrected chi connectivity index (χ3v) is 3.44. The van der Waals surface area contributed by atoms with E-state index in [-0.39, 0.29) is 11.5 Å². The van der Waals surface area contributed by atoms with Crippen molar-refractivity contribution in [3.05, 3.63) is 33.6 Å². The van der Waals surface area contributed by atoms with Crippen molar-refractivity contribution in [1.82, 2.24) is 15.5 Å². The highest BCUT2D eigenvalue weighted by atomic mass is 32.1. The van der Waals surface area contributed by atoms with Gasteiger partial charge in [0.05, 0.1) is 12.2 Å². The van der Waals surface area contributed by atoms with E-state index in [4.69, 9.17) is 9.63 Å². The molecule has 0 bridgehead atoms. The predicted molar refractivity (Wildman–Crippen MR) is 66.2 cm³/mol. The number of carbonyl (C=O) groups excluding carboxylic acids is 1. The average molecular weight is 281 g/mol. The monoisotopic (exact) mass is 281 g/mol. The van der Waals surface area contributed by atoms with E-state index in [1.807, 2.05) is 0 Å². The highest BCUT2D eigenvalue weighted by molar-refractivity contribution is 7.09. The standard InChI is InChI=1S/C11H11N3O4S/c1-5-3-12-18-8(5)9(15)13-6(2)10-14-7(4-19-10)11(16)17/h3-4,6H,1-2H3,(H,13,15)(H,16,17). The van der Waals surface area contributed by atoms with Crippen LogP contribution in [0.15, 0.2) is 16.1 Å². The molecule has 1 amide bonds. The molecule has 0 saturated carbocycles. The molecule has 0 radical (unpaired) electrons. The smallest absolute Gasteiger partial charge is 0.355 e. The van der Waals surface area contributed by atoms with E-state index in [2.05, 4.69) is 15.5 Å². The number of thiazole rings is 1. The first-order valence-electron chi connectivity index (χ1n) is 5.40. The fourth-order valence-corrected chi connectivity index (χ4v) is 2.22. The molecule has 0 aromatic carbocycles. The van der Waals surface area contributed by atoms with Crippen molar-refractivity contribution >= 4 is 23.2 Å². The maximum absolute atomic E-state index is 11.9. The molecule has 0 aliphatic heterocycles. The lowest BCUT2D eigenvalue weighted by Crippen LogP contribution is -2.26. The van der Waals surface area contributed by atoms with Gasteiger partial charge in [-0.05, 0) is 13.8 Å². The van der Waals surface area contributed by atoms with Crippen molar-refractivity contribution in [3.8, 4) is 0 Å². The molecule has 2 aromatic rings. The molecule has 0 saturated heterocycles. The summed E-state index contributed by atoms with van der Waals surface area (Å²) in [5.41, 5.74) is 0.604. The number of rotatable bonds is 4. The Morgan fingerprint density at radius 2 is 2.26 bits per heavy atom. The Hall–Kier alpha value is -2.22. The van der Waals surface area contributed by atoms with Gasteiger partial charge in [-0.2, -0.15) is 0 Å². The summed E-state index contributed by atoms with van der Waals surface area (Å²) in [4.78, 5) is 26.5. The minimum Gasteiger partial charge on any atom is -0.476 e. The van der Waals surface area contributed by atoms with Crippen LogP contribution < -0.4 is 5.32 Å². The van der Waals surface area contributed by atoms with Crippen LogP contribution >= 0.6 is 11.3 Å². The van der Waals surface area contributed by atoms with E-state index < -0.39 is 17.9 Å². The molecular formula is C11H11N3O4S. The second kappa shape index (κ2) is 5.19. The number of hydrogen-bond donors (Lipinski definition) is 2. The zero-order valence-electron chi connectivity index (χ0n) is 10.2. The lowest BCUT2D eigenvalue weighted by atomic mass is 10.2. The van der Waals surface area contributed by atoms with Crippen molar-refractivity contribution in [2.75, 3.05) is 0 Å². The minimum atomic E-state index is -1.09. The molecule has 8 heteroatoms. The van der Waals surface area contributed by atoms with Crippen molar-refractivity contribution in [2.45, 2.75) is 19.9 Å². The molecule has 1 atom stereocenters. The fraction of sp³-hybridized carbons (Fsp3) is 0.273. The molecule has 2 N–H and O–H groups in total. The van der Waals surface area contributed by atoms with Gasteiger partial charge in [0, 0.05) is 10.9 Å². The van der Waals surface area contributed by atoms with Gasteiger partial charge in [-0.25, -0.2) is 9.78 Å². The summed E-state index contributed by atoms with van der Waals surface area (Å²) in [6.07, 6.45) is 1.45. The van der Waals surface area contributed by atoms with Crippen LogP contribution in [-0.2, 0) is 0 Å². The van der Waals surface area contributed by atoms with E-state index in [1.54, 1.807) is 13.8 Å². The summed E-state index contributed by atoms with van der Waals surface area (Å²) >= 11 is 1.18. The van der Waals surface area contributed by atoms with E-state index in [0.29, 0.717) is 10.6 Å². The third kappa shape index (κ3) is 2.79. The highest BCUT2D eigenvalue weighted by Crippen LogP contribution is 2.19. The largest absolute Gasteiger partial charge is 0.476 e. The highest BCUT2D eigenvalue weighted by Gasteiger charge is 2.20. The van der Waals surface area contributed by atoms with Gasteiger partial charge >= 0.3 is 5.97 Å². The number of carboxylic acid groups (broad SMARTS) is 1. The maximum Gasteiger partial charge on any atom is 0.355 e. The van der Waals surface area contributed by atoms with Crippen LogP contribution in [0.2, 0.25) is 0 Å². The number of amides is 1. The number of hydrogen-bond acceptors (Lipinski definition) is 6. The Bertz CT molecular complexity index is 619. The van der Waals surface area contributed by atoms with Crippen LogP contribution in [0.1, 0.15) is 44.6 Å². The Morgan fingerprint density at radius 1 is 1.53 bits per heavy atom. The summed E-state index contributed by atoms with van der Waals surface area (Å²) in [5, 5.41) is 16.9. The van der Waals surface area contributed by atoms with E-state index >= 15 is 0 Å². The first-order chi connectivity index (χ1) is 8.99. The van der Waals surface area contributed by atoms with Crippen LogP contribution in [0, 0.1) is 6.92 Å². The zero-order chi connectivity index (χ0) is 14.0. The number of nitrogens with zero attached hydrogens (tertiary/aromatic N) is 2. The fourth-order valence-electron chi connectivity index (χ4n) is 1.42. The normalized spacial score (nSPS) is 12.1. The molecule has 1 unspecified atom stereocenters. The molecule has 7 nitrogen and oxygen atoms in total. The summed E-state index contributed by atoms with van der Waals surface area (Å²) in [7, 11) is 0. The Balaban J connectivity index is 2.08. The SMILES string of the molecule is Cc1cnoc1C(=O)NC(C)c1nc(C(=O)O)cs1. The quantitative estimate of drug-likeness (QED) is 0.882. The Kier molecular flexibility index (Phi) is 3.61. The lowest BCUT2D eigenvalue weighted by Gasteiger charge is -2.09. The molecule has 0 aliphatic rings. The van der Waals surface area contributed by atoms with Gasteiger partial charge in [-0.15, -0.1) is 11.3 Å². The van der Waals surface area contributed by atoms with Crippen LogP contribution in [-0.4, -0.2) is 27.1 Å². The zero-order valence-corrected chi connectivity index (χ0v) is 11.0. The average Bonchev–Trinajstić information content (AvgIpc) is 2.96. The molecule has 0 spiro atoms. The van der Waals surface area contributed by atoms with Gasteiger partial charge in [0.2, 0.25) is 5.76 Å². The van der Waals surface area contributed by atoms with Crippen molar-refractivity contribution in [2.24, 2.45) is 0 Å². The molecule has 2 aromatic heterocycles. The van der Waals surface area contributed by atoms with Crippen LogP contribution in [0.4, 0.5) is 0 Å². The molecule has 19 heavy (non-hydrogen) atoms. The number of carbonyl (C=O) groups is 2. The first-order valence-corrected chi connectivity index (χ1v) is 6.28. The van der Waals surface area contributed by atoms with Crippen molar-refractivity contribution in [1.29, 1.82) is 0 Å². The molecule has 2 rings (SSSR count). The first kappa shape index (κ1) is 13.2. The van der Waals surface area contributed by atoms with Crippen molar-refractivity contribution in [3.63, 3.8) is 0 Å². The van der Waals surface area contributed by atoms with Gasteiger partial charge in [-0.3, -0.25) is 4.79 Å². The number of carboxylic acids is 1. The maximum atomic E-state index is 11.9. The van der Waals surface area contributed by atoms with E-state index in [9.17, 15) is 9.59 Å². The van der Waals surface area contributed by atoms with E-state index in [1.165, 1.54) is 22.9 Å². The summed E-state index contributed by atoms with van der Waals surface area (Å²) in [5.74, 6) is -1.36. The number of aryl methyl sites for hydroxylation is 1. The lowest BCUT2D eigenvalue weighted by molar-refractivity contribution is 0.0691.